The van der Waals surface area contributed by atoms with Gasteiger partial charge in [0.15, 0.2) is 0 Å². The van der Waals surface area contributed by atoms with Gasteiger partial charge in [0.25, 0.3) is 0 Å². The first-order valence-corrected chi connectivity index (χ1v) is 8.26. The van der Waals surface area contributed by atoms with Crippen LogP contribution in [0.15, 0.2) is 37.1 Å². The van der Waals surface area contributed by atoms with Crippen LogP contribution in [-0.4, -0.2) is 54.3 Å². The number of pyridine rings is 1. The molecule has 0 spiro atoms. The predicted molar refractivity (Wildman–Crippen MR) is 90.9 cm³/mol. The average molecular weight is 315 g/mol. The molecule has 1 aromatic rings. The smallest absolute Gasteiger partial charge is 0.227 e. The lowest BCUT2D eigenvalue weighted by Gasteiger charge is -2.44. The Morgan fingerprint density at radius 2 is 2.13 bits per heavy atom. The molecule has 23 heavy (non-hydrogen) atoms. The molecule has 6 heteroatoms. The van der Waals surface area contributed by atoms with Crippen molar-refractivity contribution in [2.45, 2.75) is 25.7 Å². The number of carbonyl (C=O) groups excluding carboxylic acids is 1. The SMILES string of the molecule is C=CCC1C(=O)NC(N2CCN(c3ccccn3)CC2)NC1C. The van der Waals surface area contributed by atoms with E-state index in [9.17, 15) is 4.79 Å². The van der Waals surface area contributed by atoms with Crippen LogP contribution < -0.4 is 15.5 Å². The number of amides is 1. The Morgan fingerprint density at radius 1 is 1.35 bits per heavy atom. The highest BCUT2D eigenvalue weighted by Gasteiger charge is 2.35. The lowest BCUT2D eigenvalue weighted by Crippen LogP contribution is -2.68. The second-order valence-corrected chi connectivity index (χ2v) is 6.21. The molecule has 2 aliphatic heterocycles. The molecular formula is C17H25N5O. The minimum Gasteiger partial charge on any atom is -0.354 e. The maximum Gasteiger partial charge on any atom is 0.227 e. The predicted octanol–water partition coefficient (Wildman–Crippen LogP) is 0.787. The fourth-order valence-corrected chi connectivity index (χ4v) is 3.31. The maximum absolute atomic E-state index is 12.3. The van der Waals surface area contributed by atoms with E-state index in [1.54, 1.807) is 0 Å². The van der Waals surface area contributed by atoms with Gasteiger partial charge < -0.3 is 10.2 Å². The van der Waals surface area contributed by atoms with Gasteiger partial charge in [0, 0.05) is 38.4 Å². The van der Waals surface area contributed by atoms with Crippen LogP contribution in [0.1, 0.15) is 13.3 Å². The number of allylic oxidation sites excluding steroid dienone is 1. The van der Waals surface area contributed by atoms with Crippen molar-refractivity contribution in [3.63, 3.8) is 0 Å². The number of nitrogens with zero attached hydrogens (tertiary/aromatic N) is 3. The molecule has 124 valence electrons. The van der Waals surface area contributed by atoms with Gasteiger partial charge in [-0.1, -0.05) is 12.1 Å². The molecule has 3 unspecified atom stereocenters. The fourth-order valence-electron chi connectivity index (χ4n) is 3.31. The van der Waals surface area contributed by atoms with Crippen LogP contribution in [0.4, 0.5) is 5.82 Å². The fraction of sp³-hybridized carbons (Fsp3) is 0.529. The largest absolute Gasteiger partial charge is 0.354 e. The van der Waals surface area contributed by atoms with Crippen LogP contribution in [0, 0.1) is 5.92 Å². The van der Waals surface area contributed by atoms with Crippen molar-refractivity contribution in [2.75, 3.05) is 31.1 Å². The Bertz CT molecular complexity index is 541. The number of hydrogen-bond donors (Lipinski definition) is 2. The van der Waals surface area contributed by atoms with Gasteiger partial charge in [-0.15, -0.1) is 6.58 Å². The number of nitrogens with one attached hydrogen (secondary N) is 2. The van der Waals surface area contributed by atoms with E-state index in [4.69, 9.17) is 0 Å². The van der Waals surface area contributed by atoms with Crippen LogP contribution in [0.3, 0.4) is 0 Å². The molecule has 6 nitrogen and oxygen atoms in total. The molecular weight excluding hydrogens is 290 g/mol. The zero-order chi connectivity index (χ0) is 16.2. The minimum atomic E-state index is -0.0792. The van der Waals surface area contributed by atoms with Gasteiger partial charge in [0.05, 0.1) is 5.92 Å². The molecule has 0 bridgehead atoms. The maximum atomic E-state index is 12.3. The Balaban J connectivity index is 1.56. The summed E-state index contributed by atoms with van der Waals surface area (Å²) in [6.07, 6.45) is 4.27. The van der Waals surface area contributed by atoms with Gasteiger partial charge in [-0.2, -0.15) is 0 Å². The van der Waals surface area contributed by atoms with Crippen molar-refractivity contribution in [1.82, 2.24) is 20.5 Å². The van der Waals surface area contributed by atoms with Crippen LogP contribution in [0.2, 0.25) is 0 Å². The molecule has 1 aromatic heterocycles. The summed E-state index contributed by atoms with van der Waals surface area (Å²) in [5.74, 6) is 1.11. The topological polar surface area (TPSA) is 60.5 Å². The van der Waals surface area contributed by atoms with Crippen molar-refractivity contribution in [3.8, 4) is 0 Å². The third-order valence-electron chi connectivity index (χ3n) is 4.71. The van der Waals surface area contributed by atoms with Gasteiger partial charge in [0.2, 0.25) is 5.91 Å². The number of piperazine rings is 1. The highest BCUT2D eigenvalue weighted by Crippen LogP contribution is 2.18. The molecule has 3 rings (SSSR count). The van der Waals surface area contributed by atoms with Gasteiger partial charge in [-0.3, -0.25) is 15.0 Å². The molecule has 2 N–H and O–H groups in total. The second-order valence-electron chi connectivity index (χ2n) is 6.21. The first kappa shape index (κ1) is 16.0. The number of anilines is 1. The highest BCUT2D eigenvalue weighted by molar-refractivity contribution is 5.80. The summed E-state index contributed by atoms with van der Waals surface area (Å²) in [6, 6.07) is 6.14. The van der Waals surface area contributed by atoms with Gasteiger partial charge >= 0.3 is 0 Å². The molecule has 0 aliphatic carbocycles. The number of rotatable bonds is 4. The van der Waals surface area contributed by atoms with E-state index in [1.807, 2.05) is 30.5 Å². The van der Waals surface area contributed by atoms with Crippen molar-refractivity contribution < 1.29 is 4.79 Å². The van der Waals surface area contributed by atoms with Gasteiger partial charge in [0.1, 0.15) is 12.1 Å². The third kappa shape index (κ3) is 3.54. The minimum absolute atomic E-state index is 0.0291. The van der Waals surface area contributed by atoms with Crippen LogP contribution in [-0.2, 0) is 4.79 Å². The Morgan fingerprint density at radius 3 is 2.74 bits per heavy atom. The average Bonchev–Trinajstić information content (AvgIpc) is 2.59. The van der Waals surface area contributed by atoms with E-state index >= 15 is 0 Å². The first-order valence-electron chi connectivity index (χ1n) is 8.26. The monoisotopic (exact) mass is 315 g/mol. The van der Waals surface area contributed by atoms with Crippen LogP contribution >= 0.6 is 0 Å². The molecule has 0 radical (unpaired) electrons. The Kier molecular flexibility index (Phi) is 4.93. The number of aromatic nitrogens is 1. The summed E-state index contributed by atoms with van der Waals surface area (Å²) in [7, 11) is 0. The van der Waals surface area contributed by atoms with Gasteiger partial charge in [-0.25, -0.2) is 4.98 Å². The first-order chi connectivity index (χ1) is 11.2. The lowest BCUT2D eigenvalue weighted by molar-refractivity contribution is -0.132. The van der Waals surface area contributed by atoms with Gasteiger partial charge in [-0.05, 0) is 25.5 Å². The lowest BCUT2D eigenvalue weighted by atomic mass is 9.94. The molecule has 0 aromatic carbocycles. The molecule has 2 fully saturated rings. The summed E-state index contributed by atoms with van der Waals surface area (Å²) >= 11 is 0. The highest BCUT2D eigenvalue weighted by atomic mass is 16.2. The van der Waals surface area contributed by atoms with E-state index in [2.05, 4.69) is 38.9 Å². The molecule has 3 atom stereocenters. The number of hydrogen-bond acceptors (Lipinski definition) is 5. The van der Waals surface area contributed by atoms with Crippen molar-refractivity contribution in [2.24, 2.45) is 5.92 Å². The van der Waals surface area contributed by atoms with Crippen molar-refractivity contribution in [1.29, 1.82) is 0 Å². The number of carbonyl (C=O) groups is 1. The summed E-state index contributed by atoms with van der Waals surface area (Å²) in [5.41, 5.74) is 0. The molecule has 1 amide bonds. The normalized spacial score (nSPS) is 29.2. The Hall–Kier alpha value is -1.92. The van der Waals surface area contributed by atoms with E-state index in [-0.39, 0.29) is 24.2 Å². The summed E-state index contributed by atoms with van der Waals surface area (Å²) in [4.78, 5) is 21.3. The molecule has 2 aliphatic rings. The summed E-state index contributed by atoms with van der Waals surface area (Å²) in [6.45, 7) is 9.43. The molecule has 2 saturated heterocycles. The standard InChI is InChI=1S/C17H25N5O/c1-3-6-14-13(2)19-17(20-16(14)23)22-11-9-21(10-12-22)15-7-4-5-8-18-15/h3-5,7-8,13-14,17,19H,1,6,9-12H2,2H3,(H,20,23). The summed E-state index contributed by atoms with van der Waals surface area (Å²) < 4.78 is 0. The van der Waals surface area contributed by atoms with Crippen molar-refractivity contribution in [3.05, 3.63) is 37.1 Å². The van der Waals surface area contributed by atoms with E-state index in [1.165, 1.54) is 0 Å². The van der Waals surface area contributed by atoms with E-state index < -0.39 is 0 Å². The van der Waals surface area contributed by atoms with E-state index in [0.717, 1.165) is 32.0 Å². The zero-order valence-electron chi connectivity index (χ0n) is 13.6. The molecule has 3 heterocycles. The Labute approximate surface area is 137 Å². The van der Waals surface area contributed by atoms with Crippen molar-refractivity contribution >= 4 is 11.7 Å². The zero-order valence-corrected chi connectivity index (χ0v) is 13.6. The second kappa shape index (κ2) is 7.10. The quantitative estimate of drug-likeness (QED) is 0.805. The molecule has 0 saturated carbocycles. The van der Waals surface area contributed by atoms with E-state index in [0.29, 0.717) is 6.42 Å². The van der Waals surface area contributed by atoms with Crippen LogP contribution in [0.25, 0.3) is 0 Å². The third-order valence-corrected chi connectivity index (χ3v) is 4.71. The van der Waals surface area contributed by atoms with Crippen LogP contribution in [0.5, 0.6) is 0 Å². The summed E-state index contributed by atoms with van der Waals surface area (Å²) in [5, 5.41) is 6.62.